The summed E-state index contributed by atoms with van der Waals surface area (Å²) in [5.74, 6) is 1.37. The molecular weight excluding hydrogens is 350 g/mol. The Morgan fingerprint density at radius 3 is 2.50 bits per heavy atom. The summed E-state index contributed by atoms with van der Waals surface area (Å²) in [6.07, 6.45) is 1.97. The Bertz CT molecular complexity index is 1030. The van der Waals surface area contributed by atoms with Crippen LogP contribution in [0.2, 0.25) is 0 Å². The Balaban J connectivity index is 1.39. The molecule has 0 atom stereocenters. The van der Waals surface area contributed by atoms with Crippen LogP contribution in [0.15, 0.2) is 60.7 Å². The lowest BCUT2D eigenvalue weighted by Gasteiger charge is -2.10. The lowest BCUT2D eigenvalue weighted by molar-refractivity contribution is -0.116. The van der Waals surface area contributed by atoms with Crippen LogP contribution < -0.4 is 14.8 Å². The molecule has 3 aromatic carbocycles. The summed E-state index contributed by atoms with van der Waals surface area (Å²) in [4.78, 5) is 12.4. The van der Waals surface area contributed by atoms with Crippen molar-refractivity contribution in [1.82, 2.24) is 0 Å². The lowest BCUT2D eigenvalue weighted by atomic mass is 10.1. The fourth-order valence-electron chi connectivity index (χ4n) is 3.74. The summed E-state index contributed by atoms with van der Waals surface area (Å²) < 4.78 is 10.6. The van der Waals surface area contributed by atoms with Gasteiger partial charge in [0.15, 0.2) is 11.5 Å². The number of hydrogen-bond acceptors (Lipinski definition) is 3. The predicted octanol–water partition coefficient (Wildman–Crippen LogP) is 4.85. The van der Waals surface area contributed by atoms with Gasteiger partial charge in [0, 0.05) is 12.1 Å². The second-order valence-electron chi connectivity index (χ2n) is 6.94. The van der Waals surface area contributed by atoms with E-state index >= 15 is 0 Å². The third kappa shape index (κ3) is 3.58. The van der Waals surface area contributed by atoms with Crippen molar-refractivity contribution in [3.8, 4) is 22.6 Å². The van der Waals surface area contributed by atoms with Gasteiger partial charge >= 0.3 is 0 Å². The molecule has 0 radical (unpaired) electrons. The van der Waals surface area contributed by atoms with Crippen molar-refractivity contribution in [1.29, 1.82) is 0 Å². The van der Waals surface area contributed by atoms with Gasteiger partial charge in [-0.15, -0.1) is 0 Å². The lowest BCUT2D eigenvalue weighted by Crippen LogP contribution is -2.12. The van der Waals surface area contributed by atoms with E-state index in [0.717, 1.165) is 17.7 Å². The number of ether oxygens (including phenoxy) is 2. The van der Waals surface area contributed by atoms with Gasteiger partial charge in [0.2, 0.25) is 5.91 Å². The Morgan fingerprint density at radius 2 is 1.68 bits per heavy atom. The molecule has 1 aliphatic rings. The maximum Gasteiger partial charge on any atom is 0.224 e. The van der Waals surface area contributed by atoms with E-state index < -0.39 is 0 Å². The van der Waals surface area contributed by atoms with Crippen LogP contribution in [-0.2, 0) is 17.6 Å². The van der Waals surface area contributed by atoms with Crippen LogP contribution in [0.1, 0.15) is 23.1 Å². The quantitative estimate of drug-likeness (QED) is 0.526. The molecule has 0 spiro atoms. The summed E-state index contributed by atoms with van der Waals surface area (Å²) in [5, 5.41) is 3.02. The van der Waals surface area contributed by atoms with Crippen molar-refractivity contribution in [2.75, 3.05) is 19.5 Å². The molecule has 1 aliphatic carbocycles. The van der Waals surface area contributed by atoms with Gasteiger partial charge < -0.3 is 14.8 Å². The summed E-state index contributed by atoms with van der Waals surface area (Å²) in [6, 6.07) is 20.4. The van der Waals surface area contributed by atoms with Gasteiger partial charge in [0.25, 0.3) is 0 Å². The third-order valence-electron chi connectivity index (χ3n) is 5.17. The second-order valence-corrected chi connectivity index (χ2v) is 6.94. The highest BCUT2D eigenvalue weighted by atomic mass is 16.5. The molecule has 0 saturated carbocycles. The average Bonchev–Trinajstić information content (AvgIpc) is 3.09. The molecule has 1 amide bonds. The van der Waals surface area contributed by atoms with E-state index in [4.69, 9.17) is 9.47 Å². The van der Waals surface area contributed by atoms with Crippen LogP contribution in [0.4, 0.5) is 5.69 Å². The zero-order valence-electron chi connectivity index (χ0n) is 16.1. The van der Waals surface area contributed by atoms with Gasteiger partial charge in [0.1, 0.15) is 0 Å². The van der Waals surface area contributed by atoms with Crippen molar-refractivity contribution in [2.45, 2.75) is 19.3 Å². The van der Waals surface area contributed by atoms with Crippen molar-refractivity contribution in [2.24, 2.45) is 0 Å². The summed E-state index contributed by atoms with van der Waals surface area (Å²) in [5.41, 5.74) is 7.05. The summed E-state index contributed by atoms with van der Waals surface area (Å²) >= 11 is 0. The van der Waals surface area contributed by atoms with Crippen molar-refractivity contribution in [3.63, 3.8) is 0 Å². The second kappa shape index (κ2) is 7.77. The first-order chi connectivity index (χ1) is 13.7. The van der Waals surface area contributed by atoms with Gasteiger partial charge in [-0.2, -0.15) is 0 Å². The maximum atomic E-state index is 12.4. The SMILES string of the molecule is COc1ccc(CCC(=O)Nc2ccc3c(c2)Cc2ccccc2-3)cc1OC. The molecule has 4 nitrogen and oxygen atoms in total. The number of hydrogen-bond donors (Lipinski definition) is 1. The van der Waals surface area contributed by atoms with Crippen LogP contribution in [0.5, 0.6) is 11.5 Å². The van der Waals surface area contributed by atoms with E-state index in [1.54, 1.807) is 14.2 Å². The van der Waals surface area contributed by atoms with Crippen LogP contribution in [0.3, 0.4) is 0 Å². The van der Waals surface area contributed by atoms with Gasteiger partial charge in [0.05, 0.1) is 14.2 Å². The highest BCUT2D eigenvalue weighted by Gasteiger charge is 2.18. The zero-order chi connectivity index (χ0) is 19.5. The predicted molar refractivity (Wildman–Crippen MR) is 111 cm³/mol. The number of anilines is 1. The molecular formula is C24H23NO3. The molecule has 0 aromatic heterocycles. The fraction of sp³-hybridized carbons (Fsp3) is 0.208. The number of aryl methyl sites for hydroxylation is 1. The monoisotopic (exact) mass is 373 g/mol. The number of carbonyl (C=O) groups excluding carboxylic acids is 1. The first kappa shape index (κ1) is 18.1. The number of fused-ring (bicyclic) bond motifs is 3. The van der Waals surface area contributed by atoms with Gasteiger partial charge in [-0.3, -0.25) is 4.79 Å². The van der Waals surface area contributed by atoms with Gasteiger partial charge in [-0.25, -0.2) is 0 Å². The Morgan fingerprint density at radius 1 is 0.893 bits per heavy atom. The van der Waals surface area contributed by atoms with Crippen molar-refractivity contribution in [3.05, 3.63) is 77.4 Å². The highest BCUT2D eigenvalue weighted by molar-refractivity contribution is 5.92. The normalized spacial score (nSPS) is 11.5. The van der Waals surface area contributed by atoms with Crippen molar-refractivity contribution >= 4 is 11.6 Å². The first-order valence-electron chi connectivity index (χ1n) is 9.40. The molecule has 142 valence electrons. The number of methoxy groups -OCH3 is 2. The van der Waals surface area contributed by atoms with Crippen LogP contribution in [0.25, 0.3) is 11.1 Å². The van der Waals surface area contributed by atoms with Gasteiger partial charge in [-0.05, 0) is 64.9 Å². The third-order valence-corrected chi connectivity index (χ3v) is 5.17. The van der Waals surface area contributed by atoms with E-state index in [9.17, 15) is 4.79 Å². The Kier molecular flexibility index (Phi) is 5.02. The van der Waals surface area contributed by atoms with E-state index in [1.807, 2.05) is 24.3 Å². The summed E-state index contributed by atoms with van der Waals surface area (Å²) in [7, 11) is 3.22. The first-order valence-corrected chi connectivity index (χ1v) is 9.40. The molecule has 1 N–H and O–H groups in total. The molecule has 0 bridgehead atoms. The molecule has 0 unspecified atom stereocenters. The summed E-state index contributed by atoms with van der Waals surface area (Å²) in [6.45, 7) is 0. The minimum atomic E-state index is 0.00486. The molecule has 0 heterocycles. The fourth-order valence-corrected chi connectivity index (χ4v) is 3.74. The number of benzene rings is 3. The Hall–Kier alpha value is -3.27. The largest absolute Gasteiger partial charge is 0.493 e. The topological polar surface area (TPSA) is 47.6 Å². The average molecular weight is 373 g/mol. The molecule has 4 rings (SSSR count). The van der Waals surface area contributed by atoms with Crippen molar-refractivity contribution < 1.29 is 14.3 Å². The molecule has 0 aliphatic heterocycles. The number of rotatable bonds is 6. The minimum Gasteiger partial charge on any atom is -0.493 e. The standard InChI is InChI=1S/C24H23NO3/c1-27-22-11-7-16(13-23(22)28-2)8-12-24(26)25-19-9-10-21-18(15-19)14-17-5-3-4-6-20(17)21/h3-7,9-11,13,15H,8,12,14H2,1-2H3,(H,25,26). The smallest absolute Gasteiger partial charge is 0.224 e. The maximum absolute atomic E-state index is 12.4. The minimum absolute atomic E-state index is 0.00486. The molecule has 0 fully saturated rings. The van der Waals surface area contributed by atoms with Crippen LogP contribution >= 0.6 is 0 Å². The molecule has 4 heteroatoms. The number of amides is 1. The Labute approximate surface area is 165 Å². The number of nitrogens with one attached hydrogen (secondary N) is 1. The zero-order valence-corrected chi connectivity index (χ0v) is 16.1. The van der Waals surface area contributed by atoms with E-state index in [-0.39, 0.29) is 5.91 Å². The van der Waals surface area contributed by atoms with Crippen LogP contribution in [-0.4, -0.2) is 20.1 Å². The van der Waals surface area contributed by atoms with E-state index in [0.29, 0.717) is 24.3 Å². The molecule has 3 aromatic rings. The van der Waals surface area contributed by atoms with Crippen LogP contribution in [0, 0.1) is 0 Å². The van der Waals surface area contributed by atoms with Gasteiger partial charge in [-0.1, -0.05) is 36.4 Å². The van der Waals surface area contributed by atoms with E-state index in [2.05, 4.69) is 41.7 Å². The highest BCUT2D eigenvalue weighted by Crippen LogP contribution is 2.37. The molecule has 0 saturated heterocycles. The molecule has 28 heavy (non-hydrogen) atoms. The number of carbonyl (C=O) groups is 1. The van der Waals surface area contributed by atoms with E-state index in [1.165, 1.54) is 22.3 Å².